The highest BCUT2D eigenvalue weighted by Gasteiger charge is 2.35. The summed E-state index contributed by atoms with van der Waals surface area (Å²) in [5, 5.41) is 10.7. The Labute approximate surface area is 113 Å². The van der Waals surface area contributed by atoms with E-state index in [-0.39, 0.29) is 5.25 Å². The van der Waals surface area contributed by atoms with Gasteiger partial charge in [-0.05, 0) is 12.8 Å². The Morgan fingerprint density at radius 3 is 2.74 bits per heavy atom. The quantitative estimate of drug-likeness (QED) is 0.688. The minimum Gasteiger partial charge on any atom is -0.376 e. The first-order valence-electron chi connectivity index (χ1n) is 6.21. The summed E-state index contributed by atoms with van der Waals surface area (Å²) in [4.78, 5) is 1.93. The van der Waals surface area contributed by atoms with Crippen molar-refractivity contribution < 1.29 is 8.42 Å². The van der Waals surface area contributed by atoms with E-state index in [4.69, 9.17) is 0 Å². The molecule has 1 aromatic heterocycles. The number of hydrogen-bond acceptors (Lipinski definition) is 6. The van der Waals surface area contributed by atoms with Crippen LogP contribution in [0.5, 0.6) is 0 Å². The van der Waals surface area contributed by atoms with Crippen LogP contribution in [0.1, 0.15) is 12.8 Å². The number of aromatic nitrogens is 2. The molecule has 106 valence electrons. The van der Waals surface area contributed by atoms with Crippen LogP contribution in [-0.2, 0) is 10.0 Å². The molecule has 1 fully saturated rings. The fraction of sp³-hybridized carbons (Fsp3) is 0.636. The largest absolute Gasteiger partial charge is 0.376 e. The summed E-state index contributed by atoms with van der Waals surface area (Å²) in [5.41, 5.74) is 0.941. The summed E-state index contributed by atoms with van der Waals surface area (Å²) < 4.78 is 25.7. The summed E-state index contributed by atoms with van der Waals surface area (Å²) in [6.07, 6.45) is 3.22. The average molecular weight is 285 g/mol. The maximum absolute atomic E-state index is 11.6. The van der Waals surface area contributed by atoms with E-state index in [1.165, 1.54) is 0 Å². The van der Waals surface area contributed by atoms with Gasteiger partial charge in [-0.25, -0.2) is 13.1 Å². The second-order valence-corrected chi connectivity index (χ2v) is 6.80. The summed E-state index contributed by atoms with van der Waals surface area (Å²) in [7, 11) is 0.745. The third-order valence-corrected chi connectivity index (χ3v) is 4.81. The number of hydrogen-bond donors (Lipinski definition) is 2. The molecule has 1 heterocycles. The molecule has 0 saturated heterocycles. The molecule has 0 atom stereocenters. The van der Waals surface area contributed by atoms with Gasteiger partial charge in [-0.2, -0.15) is 5.10 Å². The lowest BCUT2D eigenvalue weighted by Crippen LogP contribution is -2.31. The molecule has 0 spiro atoms. The molecule has 0 amide bonds. The van der Waals surface area contributed by atoms with Crippen LogP contribution in [0.3, 0.4) is 0 Å². The van der Waals surface area contributed by atoms with Gasteiger partial charge in [0.25, 0.3) is 0 Å². The Kier molecular flexibility index (Phi) is 4.20. The van der Waals surface area contributed by atoms with Gasteiger partial charge in [-0.1, -0.05) is 0 Å². The molecule has 1 aliphatic carbocycles. The van der Waals surface area contributed by atoms with Gasteiger partial charge in [0.15, 0.2) is 5.82 Å². The summed E-state index contributed by atoms with van der Waals surface area (Å²) in [6, 6.07) is 1.86. The fourth-order valence-electron chi connectivity index (χ4n) is 1.57. The Balaban J connectivity index is 1.78. The van der Waals surface area contributed by atoms with Crippen LogP contribution in [-0.4, -0.2) is 51.0 Å². The van der Waals surface area contributed by atoms with Crippen molar-refractivity contribution in [1.29, 1.82) is 0 Å². The molecule has 1 aromatic rings. The van der Waals surface area contributed by atoms with Gasteiger partial charge in [-0.15, -0.1) is 5.10 Å². The van der Waals surface area contributed by atoms with Crippen LogP contribution in [0.15, 0.2) is 12.3 Å². The minimum absolute atomic E-state index is 0.177. The Hall–Kier alpha value is -1.41. The van der Waals surface area contributed by atoms with Crippen molar-refractivity contribution in [2.75, 3.05) is 37.4 Å². The Morgan fingerprint density at radius 1 is 1.37 bits per heavy atom. The zero-order valence-electron chi connectivity index (χ0n) is 11.1. The molecule has 2 rings (SSSR count). The molecular formula is C11H19N5O2S. The van der Waals surface area contributed by atoms with E-state index in [1.807, 2.05) is 25.1 Å². The normalized spacial score (nSPS) is 15.3. The zero-order valence-corrected chi connectivity index (χ0v) is 11.9. The van der Waals surface area contributed by atoms with Gasteiger partial charge in [0, 0.05) is 33.3 Å². The van der Waals surface area contributed by atoms with E-state index in [0.717, 1.165) is 18.5 Å². The van der Waals surface area contributed by atoms with E-state index in [0.29, 0.717) is 18.9 Å². The Morgan fingerprint density at radius 2 is 2.11 bits per heavy atom. The van der Waals surface area contributed by atoms with Crippen LogP contribution in [0.25, 0.3) is 0 Å². The SMILES string of the molecule is CN(C)c1cnnc(NCCNS(=O)(=O)C2CC2)c1. The zero-order chi connectivity index (χ0) is 13.9. The minimum atomic E-state index is -3.10. The molecule has 7 nitrogen and oxygen atoms in total. The van der Waals surface area contributed by atoms with Gasteiger partial charge < -0.3 is 10.2 Å². The standard InChI is InChI=1S/C11H19N5O2S/c1-16(2)9-7-11(15-13-8-9)12-5-6-14-19(17,18)10-3-4-10/h7-8,10,14H,3-6H2,1-2H3,(H,12,15). The lowest BCUT2D eigenvalue weighted by Gasteiger charge is -2.13. The van der Waals surface area contributed by atoms with E-state index >= 15 is 0 Å². The number of anilines is 2. The third kappa shape index (κ3) is 4.03. The molecule has 19 heavy (non-hydrogen) atoms. The monoisotopic (exact) mass is 285 g/mol. The molecule has 0 bridgehead atoms. The molecule has 1 saturated carbocycles. The first-order valence-corrected chi connectivity index (χ1v) is 7.76. The van der Waals surface area contributed by atoms with Crippen molar-refractivity contribution in [1.82, 2.24) is 14.9 Å². The predicted molar refractivity (Wildman–Crippen MR) is 74.8 cm³/mol. The highest BCUT2D eigenvalue weighted by molar-refractivity contribution is 7.90. The molecule has 8 heteroatoms. The molecule has 0 aliphatic heterocycles. The number of nitrogens with one attached hydrogen (secondary N) is 2. The Bertz CT molecular complexity index is 528. The summed E-state index contributed by atoms with van der Waals surface area (Å²) in [5.74, 6) is 0.636. The van der Waals surface area contributed by atoms with Gasteiger partial charge in [0.1, 0.15) is 0 Å². The molecule has 2 N–H and O–H groups in total. The first kappa shape index (κ1) is 14.0. The van der Waals surface area contributed by atoms with Gasteiger partial charge in [-0.3, -0.25) is 0 Å². The molecule has 0 aromatic carbocycles. The van der Waals surface area contributed by atoms with Gasteiger partial charge >= 0.3 is 0 Å². The van der Waals surface area contributed by atoms with Crippen molar-refractivity contribution in [2.45, 2.75) is 18.1 Å². The van der Waals surface area contributed by atoms with Crippen molar-refractivity contribution >= 4 is 21.5 Å². The van der Waals surface area contributed by atoms with Crippen LogP contribution >= 0.6 is 0 Å². The van der Waals surface area contributed by atoms with Crippen molar-refractivity contribution in [3.8, 4) is 0 Å². The smallest absolute Gasteiger partial charge is 0.214 e. The van der Waals surface area contributed by atoms with E-state index in [2.05, 4.69) is 20.2 Å². The molecular weight excluding hydrogens is 266 g/mol. The van der Waals surface area contributed by atoms with E-state index < -0.39 is 10.0 Å². The molecule has 0 radical (unpaired) electrons. The fourth-order valence-corrected chi connectivity index (χ4v) is 2.95. The average Bonchev–Trinajstić information content (AvgIpc) is 3.19. The topological polar surface area (TPSA) is 87.2 Å². The summed E-state index contributed by atoms with van der Waals surface area (Å²) >= 11 is 0. The molecule has 0 unspecified atom stereocenters. The molecule has 1 aliphatic rings. The van der Waals surface area contributed by atoms with Gasteiger partial charge in [0.2, 0.25) is 10.0 Å². The third-order valence-electron chi connectivity index (χ3n) is 2.85. The van der Waals surface area contributed by atoms with Crippen molar-refractivity contribution in [3.63, 3.8) is 0 Å². The van der Waals surface area contributed by atoms with Crippen LogP contribution in [0, 0.1) is 0 Å². The second kappa shape index (κ2) is 5.70. The van der Waals surface area contributed by atoms with E-state index in [9.17, 15) is 8.42 Å². The number of rotatable bonds is 7. The predicted octanol–water partition coefficient (Wildman–Crippen LogP) is 0.0363. The highest BCUT2D eigenvalue weighted by Crippen LogP contribution is 2.27. The van der Waals surface area contributed by atoms with E-state index in [1.54, 1.807) is 6.20 Å². The van der Waals surface area contributed by atoms with Crippen LogP contribution in [0.2, 0.25) is 0 Å². The van der Waals surface area contributed by atoms with Crippen molar-refractivity contribution in [3.05, 3.63) is 12.3 Å². The van der Waals surface area contributed by atoms with Gasteiger partial charge in [0.05, 0.1) is 17.1 Å². The maximum Gasteiger partial charge on any atom is 0.214 e. The second-order valence-electron chi connectivity index (χ2n) is 4.76. The lowest BCUT2D eigenvalue weighted by atomic mass is 10.4. The highest BCUT2D eigenvalue weighted by atomic mass is 32.2. The van der Waals surface area contributed by atoms with Crippen LogP contribution in [0.4, 0.5) is 11.5 Å². The van der Waals surface area contributed by atoms with Crippen molar-refractivity contribution in [2.24, 2.45) is 0 Å². The first-order chi connectivity index (χ1) is 8.99. The number of sulfonamides is 1. The van der Waals surface area contributed by atoms with Crippen LogP contribution < -0.4 is 14.9 Å². The lowest BCUT2D eigenvalue weighted by molar-refractivity contribution is 0.581. The summed E-state index contributed by atoms with van der Waals surface area (Å²) in [6.45, 7) is 0.838. The maximum atomic E-state index is 11.6. The number of nitrogens with zero attached hydrogens (tertiary/aromatic N) is 3.